The number of hydrogen-bond acceptors (Lipinski definition) is 2. The predicted molar refractivity (Wildman–Crippen MR) is 74.3 cm³/mol. The van der Waals surface area contributed by atoms with Gasteiger partial charge < -0.3 is 5.32 Å². The van der Waals surface area contributed by atoms with Gasteiger partial charge in [-0.3, -0.25) is 4.98 Å². The van der Waals surface area contributed by atoms with Gasteiger partial charge in [0, 0.05) is 18.4 Å². The van der Waals surface area contributed by atoms with Crippen LogP contribution in [0.25, 0.3) is 0 Å². The van der Waals surface area contributed by atoms with Gasteiger partial charge in [0.1, 0.15) is 0 Å². The summed E-state index contributed by atoms with van der Waals surface area (Å²) in [6, 6.07) is 0.759. The fourth-order valence-electron chi connectivity index (χ4n) is 2.78. The summed E-state index contributed by atoms with van der Waals surface area (Å²) in [6.45, 7) is 4.12. The number of hydrogen-bond donors (Lipinski definition) is 1. The van der Waals surface area contributed by atoms with Gasteiger partial charge in [0.2, 0.25) is 0 Å². The van der Waals surface area contributed by atoms with Gasteiger partial charge in [-0.2, -0.15) is 13.2 Å². The maximum absolute atomic E-state index is 13.1. The van der Waals surface area contributed by atoms with E-state index < -0.39 is 11.7 Å². The molecular weight excluding hydrogens is 265 g/mol. The van der Waals surface area contributed by atoms with Crippen LogP contribution in [0.3, 0.4) is 0 Å². The standard InChI is InChI=1S/C15H23F3N2/c1-4-6-11(7-5-2)14(19-3)12-10-20-9-8-13(12)15(16,17)18/h8-11,14,19H,4-7H2,1-3H3. The van der Waals surface area contributed by atoms with Crippen LogP contribution >= 0.6 is 0 Å². The summed E-state index contributed by atoms with van der Waals surface area (Å²) in [5, 5.41) is 3.06. The Morgan fingerprint density at radius 2 is 1.80 bits per heavy atom. The van der Waals surface area contributed by atoms with E-state index in [0.29, 0.717) is 0 Å². The molecule has 1 unspecified atom stereocenters. The number of rotatable bonds is 7. The number of halogens is 3. The SMILES string of the molecule is CCCC(CCC)C(NC)c1cnccc1C(F)(F)F. The number of nitrogens with zero attached hydrogens (tertiary/aromatic N) is 1. The minimum atomic E-state index is -4.34. The predicted octanol–water partition coefficient (Wildman–Crippen LogP) is 4.58. The molecule has 2 nitrogen and oxygen atoms in total. The Kier molecular flexibility index (Phi) is 6.46. The molecule has 0 aromatic carbocycles. The molecule has 1 aromatic rings. The molecule has 1 aromatic heterocycles. The van der Waals surface area contributed by atoms with E-state index in [4.69, 9.17) is 0 Å². The molecule has 1 rings (SSSR count). The van der Waals surface area contributed by atoms with Crippen molar-refractivity contribution in [1.82, 2.24) is 10.3 Å². The van der Waals surface area contributed by atoms with Crippen molar-refractivity contribution in [3.05, 3.63) is 29.6 Å². The first-order chi connectivity index (χ1) is 9.45. The summed E-state index contributed by atoms with van der Waals surface area (Å²) in [6.07, 6.45) is 1.96. The van der Waals surface area contributed by atoms with Crippen LogP contribution in [0, 0.1) is 5.92 Å². The Labute approximate surface area is 118 Å². The molecule has 0 bridgehead atoms. The molecule has 0 radical (unpaired) electrons. The van der Waals surface area contributed by atoms with E-state index in [2.05, 4.69) is 24.1 Å². The molecular formula is C15H23F3N2. The molecule has 5 heteroatoms. The molecule has 0 saturated carbocycles. The molecule has 0 aliphatic rings. The van der Waals surface area contributed by atoms with Crippen LogP contribution in [0.15, 0.2) is 18.5 Å². The summed E-state index contributed by atoms with van der Waals surface area (Å²) < 4.78 is 39.4. The Morgan fingerprint density at radius 3 is 2.25 bits per heavy atom. The molecule has 0 aliphatic heterocycles. The Hall–Kier alpha value is -1.10. The van der Waals surface area contributed by atoms with Crippen molar-refractivity contribution in [1.29, 1.82) is 0 Å². The maximum Gasteiger partial charge on any atom is 0.416 e. The highest BCUT2D eigenvalue weighted by molar-refractivity contribution is 5.29. The number of pyridine rings is 1. The quantitative estimate of drug-likeness (QED) is 0.794. The van der Waals surface area contributed by atoms with Gasteiger partial charge in [0.05, 0.1) is 5.56 Å². The second-order valence-corrected chi connectivity index (χ2v) is 5.06. The first-order valence-corrected chi connectivity index (χ1v) is 7.14. The lowest BCUT2D eigenvalue weighted by molar-refractivity contribution is -0.138. The third kappa shape index (κ3) is 4.20. The van der Waals surface area contributed by atoms with Gasteiger partial charge in [-0.1, -0.05) is 26.7 Å². The van der Waals surface area contributed by atoms with Crippen molar-refractivity contribution in [3.8, 4) is 0 Å². The number of alkyl halides is 3. The second-order valence-electron chi connectivity index (χ2n) is 5.06. The zero-order chi connectivity index (χ0) is 15.2. The molecule has 1 atom stereocenters. The van der Waals surface area contributed by atoms with Gasteiger partial charge in [0.15, 0.2) is 0 Å². The first-order valence-electron chi connectivity index (χ1n) is 7.14. The first kappa shape index (κ1) is 17.0. The van der Waals surface area contributed by atoms with Crippen molar-refractivity contribution < 1.29 is 13.2 Å². The van der Waals surface area contributed by atoms with E-state index in [1.807, 2.05) is 0 Å². The average Bonchev–Trinajstić information content (AvgIpc) is 2.39. The van der Waals surface area contributed by atoms with Crippen molar-refractivity contribution in [2.75, 3.05) is 7.05 Å². The molecule has 20 heavy (non-hydrogen) atoms. The van der Waals surface area contributed by atoms with Crippen LogP contribution in [-0.2, 0) is 6.18 Å². The monoisotopic (exact) mass is 288 g/mol. The van der Waals surface area contributed by atoms with Crippen molar-refractivity contribution in [3.63, 3.8) is 0 Å². The van der Waals surface area contributed by atoms with Gasteiger partial charge in [0.25, 0.3) is 0 Å². The van der Waals surface area contributed by atoms with Crippen LogP contribution in [0.2, 0.25) is 0 Å². The van der Waals surface area contributed by atoms with Crippen LogP contribution in [0.5, 0.6) is 0 Å². The van der Waals surface area contributed by atoms with Crippen LogP contribution in [-0.4, -0.2) is 12.0 Å². The molecule has 1 N–H and O–H groups in total. The molecule has 1 heterocycles. The zero-order valence-electron chi connectivity index (χ0n) is 12.3. The lowest BCUT2D eigenvalue weighted by atomic mass is 9.85. The Balaban J connectivity index is 3.17. The molecule has 0 saturated heterocycles. The Bertz CT molecular complexity index is 398. The summed E-state index contributed by atoms with van der Waals surface area (Å²) in [5.74, 6) is 0.195. The van der Waals surface area contributed by atoms with Gasteiger partial charge in [-0.05, 0) is 37.4 Å². The fourth-order valence-corrected chi connectivity index (χ4v) is 2.78. The van der Waals surface area contributed by atoms with Crippen molar-refractivity contribution >= 4 is 0 Å². The van der Waals surface area contributed by atoms with Crippen molar-refractivity contribution in [2.24, 2.45) is 5.92 Å². The lowest BCUT2D eigenvalue weighted by Crippen LogP contribution is -2.28. The summed E-state index contributed by atoms with van der Waals surface area (Å²) >= 11 is 0. The molecule has 0 spiro atoms. The van der Waals surface area contributed by atoms with Gasteiger partial charge in [-0.15, -0.1) is 0 Å². The zero-order valence-corrected chi connectivity index (χ0v) is 12.3. The van der Waals surface area contributed by atoms with E-state index in [0.717, 1.165) is 31.7 Å². The normalized spacial score (nSPS) is 13.8. The second kappa shape index (κ2) is 7.62. The average molecular weight is 288 g/mol. The minimum absolute atomic E-state index is 0.195. The highest BCUT2D eigenvalue weighted by Crippen LogP contribution is 2.38. The lowest BCUT2D eigenvalue weighted by Gasteiger charge is -2.28. The van der Waals surface area contributed by atoms with E-state index in [1.54, 1.807) is 7.05 Å². The maximum atomic E-state index is 13.1. The largest absolute Gasteiger partial charge is 0.416 e. The van der Waals surface area contributed by atoms with Crippen molar-refractivity contribution in [2.45, 2.75) is 51.7 Å². The van der Waals surface area contributed by atoms with E-state index in [9.17, 15) is 13.2 Å². The smallest absolute Gasteiger partial charge is 0.313 e. The summed E-state index contributed by atoms with van der Waals surface area (Å²) in [4.78, 5) is 3.89. The molecule has 114 valence electrons. The fraction of sp³-hybridized carbons (Fsp3) is 0.667. The van der Waals surface area contributed by atoms with Crippen LogP contribution in [0.1, 0.15) is 56.7 Å². The number of nitrogens with one attached hydrogen (secondary N) is 1. The summed E-state index contributed by atoms with van der Waals surface area (Å²) in [7, 11) is 1.72. The Morgan fingerprint density at radius 1 is 1.20 bits per heavy atom. The highest BCUT2D eigenvalue weighted by Gasteiger charge is 2.36. The van der Waals surface area contributed by atoms with Gasteiger partial charge in [-0.25, -0.2) is 0 Å². The highest BCUT2D eigenvalue weighted by atomic mass is 19.4. The van der Waals surface area contributed by atoms with E-state index >= 15 is 0 Å². The van der Waals surface area contributed by atoms with Gasteiger partial charge >= 0.3 is 6.18 Å². The third-order valence-corrected chi connectivity index (χ3v) is 3.59. The molecule has 0 aliphatic carbocycles. The minimum Gasteiger partial charge on any atom is -0.313 e. The van der Waals surface area contributed by atoms with E-state index in [1.165, 1.54) is 12.4 Å². The van der Waals surface area contributed by atoms with E-state index in [-0.39, 0.29) is 17.5 Å². The topological polar surface area (TPSA) is 24.9 Å². The third-order valence-electron chi connectivity index (χ3n) is 3.59. The van der Waals surface area contributed by atoms with Crippen LogP contribution < -0.4 is 5.32 Å². The molecule has 0 fully saturated rings. The summed E-state index contributed by atoms with van der Waals surface area (Å²) in [5.41, 5.74) is -0.321. The van der Waals surface area contributed by atoms with Crippen LogP contribution in [0.4, 0.5) is 13.2 Å². The number of aromatic nitrogens is 1. The molecule has 0 amide bonds.